The molecular weight excluding hydrogens is 456 g/mol. The lowest BCUT2D eigenvalue weighted by Crippen LogP contribution is -2.43. The van der Waals surface area contributed by atoms with Crippen molar-refractivity contribution in [3.8, 4) is 17.2 Å². The molecule has 0 aromatic heterocycles. The molecule has 1 amide bonds. The van der Waals surface area contributed by atoms with Gasteiger partial charge in [0.2, 0.25) is 10.0 Å². The van der Waals surface area contributed by atoms with Gasteiger partial charge in [0.1, 0.15) is 5.75 Å². The third kappa shape index (κ3) is 7.11. The number of rotatable bonds is 11. The summed E-state index contributed by atoms with van der Waals surface area (Å²) >= 11 is 0. The average Bonchev–Trinajstić information content (AvgIpc) is 2.84. The molecule has 0 unspecified atom stereocenters. The minimum Gasteiger partial charge on any atom is -0.493 e. The first-order valence-corrected chi connectivity index (χ1v) is 13.1. The second kappa shape index (κ2) is 12.1. The van der Waals surface area contributed by atoms with Crippen molar-refractivity contribution >= 4 is 15.9 Å². The first kappa shape index (κ1) is 25.8. The van der Waals surface area contributed by atoms with Gasteiger partial charge in [0.15, 0.2) is 17.6 Å². The Balaban J connectivity index is 1.51. The molecule has 34 heavy (non-hydrogen) atoms. The van der Waals surface area contributed by atoms with Crippen molar-refractivity contribution in [2.24, 2.45) is 0 Å². The Morgan fingerprint density at radius 3 is 2.32 bits per heavy atom. The van der Waals surface area contributed by atoms with Crippen molar-refractivity contribution < 1.29 is 27.4 Å². The van der Waals surface area contributed by atoms with Gasteiger partial charge in [0.25, 0.3) is 5.91 Å². The number of hydrogen-bond donors (Lipinski definition) is 2. The zero-order chi connectivity index (χ0) is 24.6. The van der Waals surface area contributed by atoms with Crippen LogP contribution in [0.5, 0.6) is 17.2 Å². The highest BCUT2D eigenvalue weighted by atomic mass is 32.2. The van der Waals surface area contributed by atoms with Gasteiger partial charge < -0.3 is 19.5 Å². The predicted octanol–water partition coefficient (Wildman–Crippen LogP) is 3.44. The Morgan fingerprint density at radius 1 is 1.00 bits per heavy atom. The maximum Gasteiger partial charge on any atom is 0.260 e. The summed E-state index contributed by atoms with van der Waals surface area (Å²) < 4.78 is 44.1. The van der Waals surface area contributed by atoms with E-state index in [0.29, 0.717) is 23.7 Å². The fraction of sp³-hybridized carbons (Fsp3) is 0.480. The number of nitrogens with one attached hydrogen (secondary N) is 2. The van der Waals surface area contributed by atoms with Crippen LogP contribution in [0.4, 0.5) is 0 Å². The molecular formula is C25H34N2O6S. The molecule has 1 fully saturated rings. The Labute approximate surface area is 202 Å². The lowest BCUT2D eigenvalue weighted by atomic mass is 9.95. The molecule has 1 atom stereocenters. The van der Waals surface area contributed by atoms with Crippen molar-refractivity contribution in [2.75, 3.05) is 20.8 Å². The summed E-state index contributed by atoms with van der Waals surface area (Å²) in [6.45, 7) is 1.92. The normalized spacial score (nSPS) is 15.4. The topological polar surface area (TPSA) is 103 Å². The van der Waals surface area contributed by atoms with Gasteiger partial charge in [-0.3, -0.25) is 4.79 Å². The van der Waals surface area contributed by atoms with E-state index in [9.17, 15) is 13.2 Å². The summed E-state index contributed by atoms with van der Waals surface area (Å²) in [5.41, 5.74) is 0.921. The second-order valence-electron chi connectivity index (χ2n) is 8.41. The maximum atomic E-state index is 12.6. The predicted molar refractivity (Wildman–Crippen MR) is 130 cm³/mol. The van der Waals surface area contributed by atoms with E-state index in [1.807, 2.05) is 12.1 Å². The van der Waals surface area contributed by atoms with Crippen LogP contribution in [0.2, 0.25) is 0 Å². The Bertz CT molecular complexity index is 1050. The Morgan fingerprint density at radius 2 is 1.68 bits per heavy atom. The van der Waals surface area contributed by atoms with E-state index in [0.717, 1.165) is 31.2 Å². The van der Waals surface area contributed by atoms with Gasteiger partial charge in [-0.15, -0.1) is 0 Å². The van der Waals surface area contributed by atoms with Gasteiger partial charge >= 0.3 is 0 Å². The molecule has 1 saturated carbocycles. The molecule has 0 heterocycles. The third-order valence-electron chi connectivity index (χ3n) is 5.92. The summed E-state index contributed by atoms with van der Waals surface area (Å²) in [4.78, 5) is 12.5. The number of carbonyl (C=O) groups is 1. The first-order chi connectivity index (χ1) is 16.3. The monoisotopic (exact) mass is 490 g/mol. The molecule has 0 radical (unpaired) electrons. The van der Waals surface area contributed by atoms with Gasteiger partial charge in [0.05, 0.1) is 19.1 Å². The summed E-state index contributed by atoms with van der Waals surface area (Å²) in [7, 11) is -0.559. The maximum absolute atomic E-state index is 12.6. The molecule has 0 spiro atoms. The molecule has 2 N–H and O–H groups in total. The molecule has 1 aliphatic carbocycles. The number of benzene rings is 2. The summed E-state index contributed by atoms with van der Waals surface area (Å²) in [6.07, 6.45) is 5.34. The largest absolute Gasteiger partial charge is 0.493 e. The van der Waals surface area contributed by atoms with E-state index < -0.39 is 16.1 Å². The van der Waals surface area contributed by atoms with Gasteiger partial charge in [-0.1, -0.05) is 25.3 Å². The van der Waals surface area contributed by atoms with Crippen LogP contribution in [0.25, 0.3) is 0 Å². The standard InChI is InChI=1S/C25H34N2O6S/c1-18(25(28)27-20-7-5-4-6-8-20)33-21-10-12-22(13-11-21)34(29,30)26-16-15-19-9-14-23(31-2)24(17-19)32-3/h9-14,17-18,20,26H,4-8,15-16H2,1-3H3,(H,27,28)/t18-/m1/s1. The molecule has 2 aromatic rings. The highest BCUT2D eigenvalue weighted by Gasteiger charge is 2.21. The van der Waals surface area contributed by atoms with Gasteiger partial charge in [-0.2, -0.15) is 0 Å². The van der Waals surface area contributed by atoms with E-state index in [-0.39, 0.29) is 23.4 Å². The molecule has 2 aromatic carbocycles. The van der Waals surface area contributed by atoms with Gasteiger partial charge in [-0.05, 0) is 68.1 Å². The number of carbonyl (C=O) groups excluding carboxylic acids is 1. The quantitative estimate of drug-likeness (QED) is 0.500. The highest BCUT2D eigenvalue weighted by molar-refractivity contribution is 7.89. The highest BCUT2D eigenvalue weighted by Crippen LogP contribution is 2.27. The van der Waals surface area contributed by atoms with Crippen LogP contribution in [0.15, 0.2) is 47.4 Å². The summed E-state index contributed by atoms with van der Waals surface area (Å²) in [5, 5.41) is 3.04. The Hall–Kier alpha value is -2.78. The van der Waals surface area contributed by atoms with Crippen LogP contribution < -0.4 is 24.2 Å². The number of amides is 1. The van der Waals surface area contributed by atoms with Crippen molar-refractivity contribution in [1.29, 1.82) is 0 Å². The number of sulfonamides is 1. The average molecular weight is 491 g/mol. The SMILES string of the molecule is COc1ccc(CCNS(=O)(=O)c2ccc(O[C@H](C)C(=O)NC3CCCCC3)cc2)cc1OC. The number of ether oxygens (including phenoxy) is 3. The minimum atomic E-state index is -3.68. The summed E-state index contributed by atoms with van der Waals surface area (Å²) in [5.74, 6) is 1.51. The minimum absolute atomic E-state index is 0.131. The van der Waals surface area contributed by atoms with E-state index in [4.69, 9.17) is 14.2 Å². The van der Waals surface area contributed by atoms with E-state index in [1.54, 1.807) is 39.3 Å². The molecule has 0 bridgehead atoms. The van der Waals surface area contributed by atoms with Crippen LogP contribution in [-0.4, -0.2) is 47.2 Å². The zero-order valence-electron chi connectivity index (χ0n) is 20.0. The molecule has 186 valence electrons. The van der Waals surface area contributed by atoms with Crippen LogP contribution >= 0.6 is 0 Å². The lowest BCUT2D eigenvalue weighted by molar-refractivity contribution is -0.128. The number of methoxy groups -OCH3 is 2. The molecule has 3 rings (SSSR count). The van der Waals surface area contributed by atoms with E-state index in [2.05, 4.69) is 10.0 Å². The molecule has 9 heteroatoms. The molecule has 8 nitrogen and oxygen atoms in total. The Kier molecular flexibility index (Phi) is 9.18. The first-order valence-electron chi connectivity index (χ1n) is 11.6. The second-order valence-corrected chi connectivity index (χ2v) is 10.2. The van der Waals surface area contributed by atoms with Crippen LogP contribution in [0.3, 0.4) is 0 Å². The van der Waals surface area contributed by atoms with Crippen molar-refractivity contribution in [3.63, 3.8) is 0 Å². The van der Waals surface area contributed by atoms with E-state index >= 15 is 0 Å². The smallest absolute Gasteiger partial charge is 0.260 e. The molecule has 0 aliphatic heterocycles. The van der Waals surface area contributed by atoms with Crippen molar-refractivity contribution in [3.05, 3.63) is 48.0 Å². The van der Waals surface area contributed by atoms with Crippen molar-refractivity contribution in [1.82, 2.24) is 10.0 Å². The zero-order valence-corrected chi connectivity index (χ0v) is 20.8. The van der Waals surface area contributed by atoms with E-state index in [1.165, 1.54) is 18.6 Å². The summed E-state index contributed by atoms with van der Waals surface area (Å²) in [6, 6.07) is 11.8. The number of hydrogen-bond acceptors (Lipinski definition) is 6. The fourth-order valence-corrected chi connectivity index (χ4v) is 5.00. The lowest BCUT2D eigenvalue weighted by Gasteiger charge is -2.24. The fourth-order valence-electron chi connectivity index (χ4n) is 3.97. The van der Waals surface area contributed by atoms with Crippen LogP contribution in [-0.2, 0) is 21.2 Å². The molecule has 1 aliphatic rings. The van der Waals surface area contributed by atoms with Crippen molar-refractivity contribution in [2.45, 2.75) is 62.5 Å². The van der Waals surface area contributed by atoms with Crippen LogP contribution in [0.1, 0.15) is 44.6 Å². The van der Waals surface area contributed by atoms with Crippen LogP contribution in [0, 0.1) is 0 Å². The van der Waals surface area contributed by atoms with Gasteiger partial charge in [-0.25, -0.2) is 13.1 Å². The molecule has 0 saturated heterocycles. The third-order valence-corrected chi connectivity index (χ3v) is 7.40. The van der Waals surface area contributed by atoms with Gasteiger partial charge in [0, 0.05) is 12.6 Å².